The number of pyridine rings is 1. The molecule has 0 aliphatic carbocycles. The van der Waals surface area contributed by atoms with Gasteiger partial charge < -0.3 is 16.0 Å². The Morgan fingerprint density at radius 1 is 1.09 bits per heavy atom. The van der Waals surface area contributed by atoms with Crippen molar-refractivity contribution in [2.24, 2.45) is 0 Å². The van der Waals surface area contributed by atoms with E-state index in [1.54, 1.807) is 24.3 Å². The van der Waals surface area contributed by atoms with E-state index < -0.39 is 6.03 Å². The van der Waals surface area contributed by atoms with Crippen LogP contribution in [0.25, 0.3) is 0 Å². The summed E-state index contributed by atoms with van der Waals surface area (Å²) in [5.41, 5.74) is 2.25. The average Bonchev–Trinajstić information content (AvgIpc) is 2.53. The summed E-state index contributed by atoms with van der Waals surface area (Å²) in [5, 5.41) is 8.37. The highest BCUT2D eigenvalue weighted by molar-refractivity contribution is 6.30. The fourth-order valence-corrected chi connectivity index (χ4v) is 1.96. The van der Waals surface area contributed by atoms with Crippen molar-refractivity contribution in [2.75, 3.05) is 11.9 Å². The van der Waals surface area contributed by atoms with Crippen molar-refractivity contribution in [1.29, 1.82) is 0 Å². The molecule has 2 aromatic rings. The van der Waals surface area contributed by atoms with Gasteiger partial charge in [-0.25, -0.2) is 4.79 Å². The predicted molar refractivity (Wildman–Crippen MR) is 89.3 cm³/mol. The summed E-state index contributed by atoms with van der Waals surface area (Å²) in [7, 11) is 0. The Balaban J connectivity index is 1.71. The molecule has 1 aromatic carbocycles. The Hall–Kier alpha value is -2.60. The van der Waals surface area contributed by atoms with Crippen LogP contribution in [0.4, 0.5) is 10.5 Å². The third-order valence-corrected chi connectivity index (χ3v) is 3.17. The number of hydrogen-bond acceptors (Lipinski definition) is 3. The Labute approximate surface area is 139 Å². The molecule has 0 saturated carbocycles. The van der Waals surface area contributed by atoms with Gasteiger partial charge in [0.15, 0.2) is 0 Å². The van der Waals surface area contributed by atoms with Crippen LogP contribution in [0.5, 0.6) is 0 Å². The number of anilines is 1. The first-order valence-corrected chi connectivity index (χ1v) is 7.40. The highest BCUT2D eigenvalue weighted by atomic mass is 35.5. The van der Waals surface area contributed by atoms with Crippen molar-refractivity contribution < 1.29 is 9.59 Å². The van der Waals surface area contributed by atoms with Gasteiger partial charge in [0.2, 0.25) is 5.91 Å². The molecule has 1 aromatic heterocycles. The van der Waals surface area contributed by atoms with Crippen molar-refractivity contribution in [3.8, 4) is 0 Å². The average molecular weight is 333 g/mol. The number of urea groups is 1. The van der Waals surface area contributed by atoms with Gasteiger partial charge in [-0.3, -0.25) is 9.78 Å². The first kappa shape index (κ1) is 16.8. The number of aromatic nitrogens is 1. The van der Waals surface area contributed by atoms with Gasteiger partial charge in [-0.05, 0) is 43.3 Å². The third kappa shape index (κ3) is 5.96. The summed E-state index contributed by atoms with van der Waals surface area (Å²) >= 11 is 5.76. The van der Waals surface area contributed by atoms with Crippen LogP contribution in [-0.2, 0) is 11.3 Å². The molecule has 0 aliphatic rings. The van der Waals surface area contributed by atoms with Crippen molar-refractivity contribution in [2.45, 2.75) is 13.5 Å². The topological polar surface area (TPSA) is 83.1 Å². The summed E-state index contributed by atoms with van der Waals surface area (Å²) in [6.07, 6.45) is 0. The maximum absolute atomic E-state index is 11.7. The van der Waals surface area contributed by atoms with Crippen molar-refractivity contribution in [3.63, 3.8) is 0 Å². The van der Waals surface area contributed by atoms with Crippen LogP contribution in [0.2, 0.25) is 5.02 Å². The minimum atomic E-state index is -0.431. The molecule has 0 fully saturated rings. The van der Waals surface area contributed by atoms with Gasteiger partial charge in [0.25, 0.3) is 0 Å². The molecule has 0 aliphatic heterocycles. The maximum Gasteiger partial charge on any atom is 0.315 e. The van der Waals surface area contributed by atoms with E-state index in [2.05, 4.69) is 20.9 Å². The lowest BCUT2D eigenvalue weighted by Crippen LogP contribution is -2.39. The minimum absolute atomic E-state index is 0.129. The minimum Gasteiger partial charge on any atom is -0.333 e. The van der Waals surface area contributed by atoms with Crippen molar-refractivity contribution >= 4 is 29.2 Å². The number of rotatable bonds is 5. The van der Waals surface area contributed by atoms with Gasteiger partial charge in [-0.15, -0.1) is 0 Å². The zero-order valence-corrected chi connectivity index (χ0v) is 13.4. The lowest BCUT2D eigenvalue weighted by Gasteiger charge is -2.08. The van der Waals surface area contributed by atoms with Gasteiger partial charge in [0.1, 0.15) is 0 Å². The van der Waals surface area contributed by atoms with E-state index in [9.17, 15) is 9.59 Å². The van der Waals surface area contributed by atoms with E-state index in [1.807, 2.05) is 25.1 Å². The molecule has 3 amide bonds. The SMILES string of the molecule is Cc1cccc(CNC(=O)NCC(=O)Nc2ccc(Cl)cc2)n1. The quantitative estimate of drug-likeness (QED) is 0.786. The normalized spacial score (nSPS) is 10.0. The Morgan fingerprint density at radius 3 is 2.52 bits per heavy atom. The number of benzene rings is 1. The number of hydrogen-bond donors (Lipinski definition) is 3. The molecule has 0 spiro atoms. The number of carbonyl (C=O) groups excluding carboxylic acids is 2. The summed E-state index contributed by atoms with van der Waals surface area (Å²) in [5.74, 6) is -0.323. The fourth-order valence-electron chi connectivity index (χ4n) is 1.83. The number of aryl methyl sites for hydroxylation is 1. The summed E-state index contributed by atoms with van der Waals surface area (Å²) < 4.78 is 0. The second-order valence-electron chi connectivity index (χ2n) is 4.86. The summed E-state index contributed by atoms with van der Waals surface area (Å²) in [4.78, 5) is 27.6. The maximum atomic E-state index is 11.7. The van der Waals surface area contributed by atoms with Crippen molar-refractivity contribution in [1.82, 2.24) is 15.6 Å². The number of amides is 3. The van der Waals surface area contributed by atoms with E-state index in [0.29, 0.717) is 17.3 Å². The first-order valence-electron chi connectivity index (χ1n) is 7.02. The van der Waals surface area contributed by atoms with Gasteiger partial charge in [-0.1, -0.05) is 17.7 Å². The third-order valence-electron chi connectivity index (χ3n) is 2.91. The van der Waals surface area contributed by atoms with Crippen LogP contribution >= 0.6 is 11.6 Å². The zero-order valence-electron chi connectivity index (χ0n) is 12.6. The molecule has 23 heavy (non-hydrogen) atoms. The van der Waals surface area contributed by atoms with E-state index in [0.717, 1.165) is 11.4 Å². The zero-order chi connectivity index (χ0) is 16.7. The van der Waals surface area contributed by atoms with E-state index in [4.69, 9.17) is 11.6 Å². The molecule has 0 bridgehead atoms. The number of nitrogens with one attached hydrogen (secondary N) is 3. The van der Waals surface area contributed by atoms with Gasteiger partial charge in [-0.2, -0.15) is 0 Å². The first-order chi connectivity index (χ1) is 11.0. The predicted octanol–water partition coefficient (Wildman–Crippen LogP) is 2.48. The Kier molecular flexibility index (Phi) is 5.94. The molecule has 0 unspecified atom stereocenters. The summed E-state index contributed by atoms with van der Waals surface area (Å²) in [6.45, 7) is 2.05. The molecule has 0 radical (unpaired) electrons. The van der Waals surface area contributed by atoms with Gasteiger partial charge >= 0.3 is 6.03 Å². The summed E-state index contributed by atoms with van der Waals surface area (Å²) in [6, 6.07) is 11.9. The highest BCUT2D eigenvalue weighted by Gasteiger charge is 2.06. The molecule has 1 heterocycles. The molecule has 0 atom stereocenters. The van der Waals surface area contributed by atoms with Crippen LogP contribution in [0.3, 0.4) is 0 Å². The van der Waals surface area contributed by atoms with Crippen molar-refractivity contribution in [3.05, 3.63) is 58.9 Å². The standard InChI is InChI=1S/C16H17ClN4O2/c1-11-3-2-4-14(20-11)9-18-16(23)19-10-15(22)21-13-7-5-12(17)6-8-13/h2-8H,9-10H2,1H3,(H,21,22)(H2,18,19,23). The molecule has 3 N–H and O–H groups in total. The number of nitrogens with zero attached hydrogens (tertiary/aromatic N) is 1. The van der Waals surface area contributed by atoms with Gasteiger partial charge in [0, 0.05) is 16.4 Å². The van der Waals surface area contributed by atoms with E-state index in [1.165, 1.54) is 0 Å². The highest BCUT2D eigenvalue weighted by Crippen LogP contribution is 2.12. The van der Waals surface area contributed by atoms with Crippen LogP contribution in [0, 0.1) is 6.92 Å². The smallest absolute Gasteiger partial charge is 0.315 e. The fraction of sp³-hybridized carbons (Fsp3) is 0.188. The largest absolute Gasteiger partial charge is 0.333 e. The van der Waals surface area contributed by atoms with E-state index >= 15 is 0 Å². The van der Waals surface area contributed by atoms with E-state index in [-0.39, 0.29) is 12.5 Å². The second-order valence-corrected chi connectivity index (χ2v) is 5.30. The lowest BCUT2D eigenvalue weighted by molar-refractivity contribution is -0.115. The molecule has 120 valence electrons. The molecular formula is C16H17ClN4O2. The monoisotopic (exact) mass is 332 g/mol. The van der Waals surface area contributed by atoms with Crippen LogP contribution in [-0.4, -0.2) is 23.5 Å². The molecule has 6 nitrogen and oxygen atoms in total. The lowest BCUT2D eigenvalue weighted by atomic mass is 10.3. The number of carbonyl (C=O) groups is 2. The Bertz CT molecular complexity index is 689. The second kappa shape index (κ2) is 8.14. The van der Waals surface area contributed by atoms with Crippen LogP contribution in [0.15, 0.2) is 42.5 Å². The van der Waals surface area contributed by atoms with Crippen LogP contribution < -0.4 is 16.0 Å². The van der Waals surface area contributed by atoms with Crippen LogP contribution in [0.1, 0.15) is 11.4 Å². The molecule has 0 saturated heterocycles. The molecule has 7 heteroatoms. The molecular weight excluding hydrogens is 316 g/mol. The number of halogens is 1. The Morgan fingerprint density at radius 2 is 1.83 bits per heavy atom. The molecule has 2 rings (SSSR count). The van der Waals surface area contributed by atoms with Gasteiger partial charge in [0.05, 0.1) is 18.8 Å².